The smallest absolute Gasteiger partial charge is 0.310 e. The number of halogens is 1. The molecule has 11 heteroatoms. The molecule has 5 N–H and O–H groups in total. The second-order valence-electron chi connectivity index (χ2n) is 9.40. The Morgan fingerprint density at radius 3 is 2.58 bits per heavy atom. The summed E-state index contributed by atoms with van der Waals surface area (Å²) in [4.78, 5) is 52.0. The van der Waals surface area contributed by atoms with Crippen molar-refractivity contribution >= 4 is 41.0 Å². The summed E-state index contributed by atoms with van der Waals surface area (Å²) in [7, 11) is 0. The molecule has 0 radical (unpaired) electrons. The second kappa shape index (κ2) is 9.56. The Hall–Kier alpha value is -2.85. The minimum absolute atomic E-state index is 0.140. The highest BCUT2D eigenvalue weighted by Crippen LogP contribution is 2.27. The lowest BCUT2D eigenvalue weighted by Gasteiger charge is -2.35. The molecule has 0 spiro atoms. The van der Waals surface area contributed by atoms with Gasteiger partial charge in [-0.1, -0.05) is 32.4 Å². The van der Waals surface area contributed by atoms with Gasteiger partial charge in [-0.3, -0.25) is 19.2 Å². The third kappa shape index (κ3) is 5.56. The zero-order chi connectivity index (χ0) is 24.5. The van der Waals surface area contributed by atoms with Crippen LogP contribution < -0.4 is 16.4 Å². The number of benzene rings is 1. The van der Waals surface area contributed by atoms with Crippen molar-refractivity contribution in [1.82, 2.24) is 15.5 Å². The average molecular weight is 481 g/mol. The Bertz CT molecular complexity index is 963. The minimum Gasteiger partial charge on any atom is -0.434 e. The van der Waals surface area contributed by atoms with Crippen LogP contribution in [-0.2, 0) is 19.1 Å². The first kappa shape index (κ1) is 24.8. The number of likely N-dealkylation sites (tertiary alicyclic amines) is 1. The van der Waals surface area contributed by atoms with Crippen molar-refractivity contribution < 1.29 is 29.0 Å². The number of nitrogen functional groups attached to an aromatic ring is 1. The highest BCUT2D eigenvalue weighted by atomic mass is 35.5. The largest absolute Gasteiger partial charge is 0.434 e. The van der Waals surface area contributed by atoms with Crippen LogP contribution in [0.2, 0.25) is 5.02 Å². The molecule has 1 aromatic rings. The lowest BCUT2D eigenvalue weighted by atomic mass is 9.85. The van der Waals surface area contributed by atoms with Gasteiger partial charge in [0.2, 0.25) is 18.1 Å². The number of carbonyl (C=O) groups excluding carboxylic acids is 4. The van der Waals surface area contributed by atoms with Crippen LogP contribution in [-0.4, -0.2) is 64.7 Å². The first-order valence-corrected chi connectivity index (χ1v) is 11.1. The van der Waals surface area contributed by atoms with E-state index < -0.39 is 53.5 Å². The van der Waals surface area contributed by atoms with Gasteiger partial charge in [0.25, 0.3) is 5.91 Å². The molecule has 1 aromatic carbocycles. The van der Waals surface area contributed by atoms with Crippen LogP contribution in [0.1, 0.15) is 50.4 Å². The number of anilines is 1. The van der Waals surface area contributed by atoms with Crippen molar-refractivity contribution in [2.45, 2.75) is 64.4 Å². The van der Waals surface area contributed by atoms with E-state index >= 15 is 0 Å². The van der Waals surface area contributed by atoms with Crippen molar-refractivity contribution in [2.75, 3.05) is 12.3 Å². The number of aliphatic hydroxyl groups is 1. The highest BCUT2D eigenvalue weighted by Gasteiger charge is 2.43. The lowest BCUT2D eigenvalue weighted by Crippen LogP contribution is -2.58. The molecule has 180 valence electrons. The zero-order valence-corrected chi connectivity index (χ0v) is 19.5. The predicted octanol–water partition coefficient (Wildman–Crippen LogP) is 0.808. The van der Waals surface area contributed by atoms with Crippen LogP contribution in [0, 0.1) is 5.41 Å². The molecule has 4 atom stereocenters. The Kier molecular flexibility index (Phi) is 7.18. The van der Waals surface area contributed by atoms with Gasteiger partial charge in [0.05, 0.1) is 17.1 Å². The summed E-state index contributed by atoms with van der Waals surface area (Å²) in [5.41, 5.74) is 5.64. The highest BCUT2D eigenvalue weighted by molar-refractivity contribution is 6.33. The Balaban J connectivity index is 1.75. The number of aliphatic hydroxyl groups excluding tert-OH is 1. The molecule has 0 aliphatic carbocycles. The van der Waals surface area contributed by atoms with Gasteiger partial charge in [0, 0.05) is 12.1 Å². The summed E-state index contributed by atoms with van der Waals surface area (Å²) in [5.74, 6) is -1.97. The van der Waals surface area contributed by atoms with Gasteiger partial charge in [-0.05, 0) is 36.5 Å². The molecule has 2 saturated heterocycles. The first-order chi connectivity index (χ1) is 15.4. The standard InChI is InChI=1S/C22H29ClN4O6/c1-22(2,3)17(26-18(29)11-6-7-13(24)12(23)9-11)20(31)27-8-4-5-15(27)19(30)25-14-10-16(28)33-21(14)32/h6-7,9,14-15,17,21,32H,4-5,8,10,24H2,1-3H3,(H,25,30)(H,26,29). The number of nitrogens with two attached hydrogens (primary N) is 1. The molecule has 4 unspecified atom stereocenters. The number of amides is 3. The number of nitrogens with zero attached hydrogens (tertiary/aromatic N) is 1. The molecule has 0 aromatic heterocycles. The molecular formula is C22H29ClN4O6. The van der Waals surface area contributed by atoms with Crippen molar-refractivity contribution in [1.29, 1.82) is 0 Å². The second-order valence-corrected chi connectivity index (χ2v) is 9.81. The fourth-order valence-electron chi connectivity index (χ4n) is 3.95. The maximum Gasteiger partial charge on any atom is 0.310 e. The van der Waals surface area contributed by atoms with E-state index in [1.54, 1.807) is 0 Å². The number of ether oxygens (including phenoxy) is 1. The fourth-order valence-corrected chi connectivity index (χ4v) is 4.13. The normalized spacial score (nSPS) is 23.7. The number of rotatable bonds is 5. The predicted molar refractivity (Wildman–Crippen MR) is 120 cm³/mol. The van der Waals surface area contributed by atoms with E-state index in [2.05, 4.69) is 15.4 Å². The molecule has 2 fully saturated rings. The molecule has 3 rings (SSSR count). The van der Waals surface area contributed by atoms with Gasteiger partial charge in [0.1, 0.15) is 18.1 Å². The van der Waals surface area contributed by atoms with Crippen molar-refractivity contribution in [3.05, 3.63) is 28.8 Å². The van der Waals surface area contributed by atoms with Gasteiger partial charge in [0.15, 0.2) is 0 Å². The summed E-state index contributed by atoms with van der Waals surface area (Å²) >= 11 is 6.02. The van der Waals surface area contributed by atoms with Crippen molar-refractivity contribution in [2.24, 2.45) is 5.41 Å². The Morgan fingerprint density at radius 1 is 1.30 bits per heavy atom. The first-order valence-electron chi connectivity index (χ1n) is 10.7. The number of hydrogen-bond acceptors (Lipinski definition) is 7. The SMILES string of the molecule is CC(C)(C)C(NC(=O)c1ccc(N)c(Cl)c1)C(=O)N1CCCC1C(=O)NC1CC(=O)OC1O. The molecule has 2 heterocycles. The third-order valence-corrected chi connectivity index (χ3v) is 6.13. The fraction of sp³-hybridized carbons (Fsp3) is 0.545. The van der Waals surface area contributed by atoms with Gasteiger partial charge in [-0.15, -0.1) is 0 Å². The number of nitrogens with one attached hydrogen (secondary N) is 2. The van der Waals surface area contributed by atoms with Crippen LogP contribution in [0.25, 0.3) is 0 Å². The Labute approximate surface area is 196 Å². The molecule has 2 aliphatic heterocycles. The van der Waals surface area contributed by atoms with E-state index in [4.69, 9.17) is 17.3 Å². The van der Waals surface area contributed by atoms with E-state index in [1.165, 1.54) is 23.1 Å². The number of esters is 1. The summed E-state index contributed by atoms with van der Waals surface area (Å²) in [6.07, 6.45) is -0.531. The molecule has 0 saturated carbocycles. The maximum atomic E-state index is 13.5. The summed E-state index contributed by atoms with van der Waals surface area (Å²) in [6, 6.07) is 1.89. The van der Waals surface area contributed by atoms with E-state index in [0.717, 1.165) is 0 Å². The van der Waals surface area contributed by atoms with Gasteiger partial charge in [-0.25, -0.2) is 0 Å². The minimum atomic E-state index is -1.42. The summed E-state index contributed by atoms with van der Waals surface area (Å²) in [6.45, 7) is 5.79. The van der Waals surface area contributed by atoms with Crippen LogP contribution >= 0.6 is 11.6 Å². The topological polar surface area (TPSA) is 151 Å². The summed E-state index contributed by atoms with van der Waals surface area (Å²) in [5, 5.41) is 15.4. The Morgan fingerprint density at radius 2 is 2.00 bits per heavy atom. The maximum absolute atomic E-state index is 13.5. The zero-order valence-electron chi connectivity index (χ0n) is 18.8. The van der Waals surface area contributed by atoms with Crippen LogP contribution in [0.4, 0.5) is 5.69 Å². The number of carbonyl (C=O) groups is 4. The van der Waals surface area contributed by atoms with Crippen molar-refractivity contribution in [3.8, 4) is 0 Å². The molecule has 10 nitrogen and oxygen atoms in total. The number of hydrogen-bond donors (Lipinski definition) is 4. The van der Waals surface area contributed by atoms with Crippen LogP contribution in [0.15, 0.2) is 18.2 Å². The van der Waals surface area contributed by atoms with Crippen LogP contribution in [0.5, 0.6) is 0 Å². The van der Waals surface area contributed by atoms with Gasteiger partial charge in [-0.2, -0.15) is 0 Å². The third-order valence-electron chi connectivity index (χ3n) is 5.80. The summed E-state index contributed by atoms with van der Waals surface area (Å²) < 4.78 is 4.65. The monoisotopic (exact) mass is 480 g/mol. The van der Waals surface area contributed by atoms with Gasteiger partial charge < -0.3 is 31.1 Å². The van der Waals surface area contributed by atoms with E-state index in [1.807, 2.05) is 20.8 Å². The molecule has 33 heavy (non-hydrogen) atoms. The quantitative estimate of drug-likeness (QED) is 0.359. The van der Waals surface area contributed by atoms with E-state index in [-0.39, 0.29) is 17.0 Å². The molecular weight excluding hydrogens is 452 g/mol. The molecule has 0 bridgehead atoms. The molecule has 3 amide bonds. The average Bonchev–Trinajstić information content (AvgIpc) is 3.33. The number of cyclic esters (lactones) is 1. The van der Waals surface area contributed by atoms with E-state index in [0.29, 0.717) is 25.1 Å². The van der Waals surface area contributed by atoms with Gasteiger partial charge >= 0.3 is 5.97 Å². The lowest BCUT2D eigenvalue weighted by molar-refractivity contribution is -0.155. The molecule has 2 aliphatic rings. The van der Waals surface area contributed by atoms with E-state index in [9.17, 15) is 24.3 Å². The van der Waals surface area contributed by atoms with Crippen LogP contribution in [0.3, 0.4) is 0 Å². The van der Waals surface area contributed by atoms with Crippen molar-refractivity contribution in [3.63, 3.8) is 0 Å².